The van der Waals surface area contributed by atoms with Crippen LogP contribution in [-0.2, 0) is 22.1 Å². The molecule has 1 N–H and O–H groups in total. The second kappa shape index (κ2) is 12.3. The Morgan fingerprint density at radius 1 is 1.26 bits per heavy atom. The first-order valence-corrected chi connectivity index (χ1v) is 9.08. The van der Waals surface area contributed by atoms with Gasteiger partial charge in [-0.2, -0.15) is 0 Å². The van der Waals surface area contributed by atoms with Gasteiger partial charge >= 0.3 is 22.1 Å². The summed E-state index contributed by atoms with van der Waals surface area (Å²) < 4.78 is 13.7. The third-order valence-corrected chi connectivity index (χ3v) is 3.67. The van der Waals surface area contributed by atoms with Crippen LogP contribution in [0.4, 0.5) is 0 Å². The number of benzene rings is 1. The Morgan fingerprint density at radius 2 is 1.96 bits per heavy atom. The second-order valence-electron chi connectivity index (χ2n) is 5.36. The molecule has 0 radical (unpaired) electrons. The van der Waals surface area contributed by atoms with Gasteiger partial charge in [0.1, 0.15) is 0 Å². The van der Waals surface area contributed by atoms with Crippen molar-refractivity contribution < 1.29 is 26.8 Å². The standard InChI is InChI=1S/C11H10NO.C7H14N.O.Os/c1-2-13-10-7-3-5-9-6-4-8-12-11(9)10;8-7-5-3-1-2-4-6-7;;/h3-4,6-8H,2H2,1H3;7-8H,1-6H2;;/q2*-1;;. The predicted octanol–water partition coefficient (Wildman–Crippen LogP) is 5.07. The molecule has 1 aliphatic rings. The van der Waals surface area contributed by atoms with Crippen molar-refractivity contribution in [3.8, 4) is 5.75 Å². The summed E-state index contributed by atoms with van der Waals surface area (Å²) in [4.78, 5) is 4.24. The molecule has 23 heavy (non-hydrogen) atoms. The minimum absolute atomic E-state index is 0.275. The third-order valence-electron chi connectivity index (χ3n) is 3.67. The van der Waals surface area contributed by atoms with E-state index in [-0.39, 0.29) is 6.04 Å². The van der Waals surface area contributed by atoms with Crippen molar-refractivity contribution in [1.82, 2.24) is 4.98 Å². The summed E-state index contributed by atoms with van der Waals surface area (Å²) >= 11 is 0.611. The molecule has 0 unspecified atom stereocenters. The van der Waals surface area contributed by atoms with Crippen LogP contribution in [0.2, 0.25) is 0 Å². The number of rotatable bonds is 2. The van der Waals surface area contributed by atoms with Gasteiger partial charge < -0.3 is 15.5 Å². The number of fused-ring (bicyclic) bond motifs is 1. The molecule has 4 nitrogen and oxygen atoms in total. The number of nitrogens with one attached hydrogen (secondary N) is 1. The SMILES string of the molecule is CCOc1cc[c-]c2cccnc12.[NH-]C1CCCCCC1.[O]=[Os]. The Morgan fingerprint density at radius 3 is 2.61 bits per heavy atom. The van der Waals surface area contributed by atoms with Crippen LogP contribution in [0.25, 0.3) is 16.6 Å². The minimum atomic E-state index is 0.275. The van der Waals surface area contributed by atoms with Crippen molar-refractivity contribution in [2.24, 2.45) is 0 Å². The van der Waals surface area contributed by atoms with Crippen molar-refractivity contribution >= 4 is 10.9 Å². The van der Waals surface area contributed by atoms with E-state index in [1.807, 2.05) is 31.2 Å². The van der Waals surface area contributed by atoms with E-state index in [0.29, 0.717) is 25.2 Å². The molecule has 5 heteroatoms. The van der Waals surface area contributed by atoms with E-state index in [2.05, 4.69) is 11.1 Å². The quantitative estimate of drug-likeness (QED) is 0.436. The van der Waals surface area contributed by atoms with Crippen LogP contribution in [0.15, 0.2) is 30.5 Å². The van der Waals surface area contributed by atoms with E-state index in [9.17, 15) is 0 Å². The molecule has 1 aliphatic carbocycles. The summed E-state index contributed by atoms with van der Waals surface area (Å²) in [7, 11) is 0. The molecule has 0 spiro atoms. The molecule has 0 amide bonds. The van der Waals surface area contributed by atoms with E-state index >= 15 is 0 Å². The summed E-state index contributed by atoms with van der Waals surface area (Å²) in [5.74, 6) is 0.830. The molecule has 1 aromatic heterocycles. The van der Waals surface area contributed by atoms with Crippen molar-refractivity contribution in [3.05, 3.63) is 42.3 Å². The summed E-state index contributed by atoms with van der Waals surface area (Å²) in [5, 5.41) is 0.994. The Balaban J connectivity index is 0.000000228. The van der Waals surface area contributed by atoms with Gasteiger partial charge in [-0.1, -0.05) is 50.7 Å². The Hall–Kier alpha value is -1.17. The molecular weight excluding hydrogens is 466 g/mol. The van der Waals surface area contributed by atoms with Gasteiger partial charge in [0.15, 0.2) is 0 Å². The molecule has 0 bridgehead atoms. The second-order valence-corrected chi connectivity index (χ2v) is 5.36. The molecule has 128 valence electrons. The zero-order chi connectivity index (χ0) is 16.9. The van der Waals surface area contributed by atoms with Crippen LogP contribution in [0.1, 0.15) is 45.4 Å². The monoisotopic (exact) mass is 492 g/mol. The molecule has 1 heterocycles. The fourth-order valence-corrected chi connectivity index (χ4v) is 2.56. The number of ether oxygens (including phenoxy) is 1. The zero-order valence-corrected chi connectivity index (χ0v) is 16.1. The van der Waals surface area contributed by atoms with Crippen LogP contribution in [0, 0.1) is 6.07 Å². The molecule has 1 saturated carbocycles. The van der Waals surface area contributed by atoms with Crippen LogP contribution in [-0.4, -0.2) is 17.6 Å². The van der Waals surface area contributed by atoms with Crippen LogP contribution in [0.3, 0.4) is 0 Å². The first-order valence-electron chi connectivity index (χ1n) is 8.05. The van der Waals surface area contributed by atoms with Crippen LogP contribution >= 0.6 is 0 Å². The first kappa shape index (κ1) is 19.9. The molecule has 1 aromatic carbocycles. The Labute approximate surface area is 149 Å². The average molecular weight is 491 g/mol. The van der Waals surface area contributed by atoms with Gasteiger partial charge in [0.05, 0.1) is 12.4 Å². The molecule has 0 aliphatic heterocycles. The van der Waals surface area contributed by atoms with Crippen molar-refractivity contribution in [2.45, 2.75) is 51.5 Å². The molecule has 1 fully saturated rings. The topological polar surface area (TPSA) is 63.0 Å². The Kier molecular flexibility index (Phi) is 10.6. The summed E-state index contributed by atoms with van der Waals surface area (Å²) in [6.45, 7) is 2.63. The van der Waals surface area contributed by atoms with Crippen molar-refractivity contribution in [3.63, 3.8) is 0 Å². The maximum absolute atomic E-state index is 8.28. The first-order chi connectivity index (χ1) is 11.3. The molecule has 2 aromatic rings. The van der Waals surface area contributed by atoms with Gasteiger partial charge in [0.25, 0.3) is 0 Å². The van der Waals surface area contributed by atoms with E-state index in [1.165, 1.54) is 25.7 Å². The van der Waals surface area contributed by atoms with Gasteiger partial charge in [-0.25, -0.2) is 0 Å². The normalized spacial score (nSPS) is 14.7. The number of hydrogen-bond acceptors (Lipinski definition) is 3. The van der Waals surface area contributed by atoms with Gasteiger partial charge in [-0.05, 0) is 6.92 Å². The van der Waals surface area contributed by atoms with E-state index in [1.54, 1.807) is 6.20 Å². The predicted molar refractivity (Wildman–Crippen MR) is 88.2 cm³/mol. The third kappa shape index (κ3) is 7.29. The summed E-state index contributed by atoms with van der Waals surface area (Å²) in [5.41, 5.74) is 8.29. The fourth-order valence-electron chi connectivity index (χ4n) is 2.56. The number of nitrogens with zero attached hydrogens (tertiary/aromatic N) is 1. The molecule has 3 rings (SSSR count). The van der Waals surface area contributed by atoms with E-state index in [0.717, 1.165) is 29.5 Å². The van der Waals surface area contributed by atoms with Crippen LogP contribution in [0.5, 0.6) is 5.75 Å². The number of pyridine rings is 1. The summed E-state index contributed by atoms with van der Waals surface area (Å²) in [6.07, 6.45) is 9.41. The number of aromatic nitrogens is 1. The van der Waals surface area contributed by atoms with Gasteiger partial charge in [-0.15, -0.1) is 29.6 Å². The molecule has 0 saturated heterocycles. The molecule has 0 atom stereocenters. The van der Waals surface area contributed by atoms with Gasteiger partial charge in [-0.3, -0.25) is 0 Å². The van der Waals surface area contributed by atoms with Crippen molar-refractivity contribution in [2.75, 3.05) is 6.61 Å². The Bertz CT molecular complexity index is 552. The van der Waals surface area contributed by atoms with Gasteiger partial charge in [0, 0.05) is 11.7 Å². The van der Waals surface area contributed by atoms with Gasteiger partial charge in [0.2, 0.25) is 0 Å². The average Bonchev–Trinajstić information content (AvgIpc) is 2.85. The van der Waals surface area contributed by atoms with Crippen LogP contribution < -0.4 is 4.74 Å². The molecular formula is C18H24N2O2Os-2. The van der Waals surface area contributed by atoms with E-state index < -0.39 is 0 Å². The fraction of sp³-hybridized carbons (Fsp3) is 0.500. The maximum atomic E-state index is 8.28. The zero-order valence-electron chi connectivity index (χ0n) is 13.5. The summed E-state index contributed by atoms with van der Waals surface area (Å²) in [6, 6.07) is 11.0. The number of hydrogen-bond donors (Lipinski definition) is 0. The van der Waals surface area contributed by atoms with E-state index in [4.69, 9.17) is 14.0 Å². The van der Waals surface area contributed by atoms with Crippen molar-refractivity contribution in [1.29, 1.82) is 0 Å².